The van der Waals surface area contributed by atoms with Crippen LogP contribution in [0.1, 0.15) is 47.0 Å². The van der Waals surface area contributed by atoms with Crippen LogP contribution < -0.4 is 9.47 Å². The van der Waals surface area contributed by atoms with Gasteiger partial charge >= 0.3 is 20.9 Å². The summed E-state index contributed by atoms with van der Waals surface area (Å²) >= 11 is 0. The zero-order valence-electron chi connectivity index (χ0n) is 26.6. The molecule has 0 amide bonds. The van der Waals surface area contributed by atoms with E-state index in [1.165, 1.54) is 6.42 Å². The van der Waals surface area contributed by atoms with Crippen molar-refractivity contribution in [1.82, 2.24) is 4.90 Å². The molecule has 1 fully saturated rings. The van der Waals surface area contributed by atoms with Crippen LogP contribution in [0, 0.1) is 5.92 Å². The van der Waals surface area contributed by atoms with E-state index in [4.69, 9.17) is 51.5 Å². The van der Waals surface area contributed by atoms with Crippen LogP contribution in [0.5, 0.6) is 11.5 Å². The fraction of sp³-hybridized carbons (Fsp3) is 0.655. The normalized spacial score (nSPS) is 17.7. The van der Waals surface area contributed by atoms with Gasteiger partial charge in [0.15, 0.2) is 38.7 Å². The van der Waals surface area contributed by atoms with Crippen molar-refractivity contribution in [3.8, 4) is 11.5 Å². The van der Waals surface area contributed by atoms with E-state index < -0.39 is 20.9 Å². The van der Waals surface area contributed by atoms with Crippen LogP contribution in [0.2, 0.25) is 0 Å². The predicted octanol–water partition coefficient (Wildman–Crippen LogP) is 5.95. The number of hydrogen-bond acceptors (Lipinski definition) is 14. The predicted molar refractivity (Wildman–Crippen MR) is 159 cm³/mol. The Kier molecular flexibility index (Phi) is 17.8. The Morgan fingerprint density at radius 3 is 1.86 bits per heavy atom. The molecule has 0 bridgehead atoms. The molecule has 1 saturated heterocycles. The highest BCUT2D eigenvalue weighted by Gasteiger charge is 2.35. The van der Waals surface area contributed by atoms with Gasteiger partial charge in [0.05, 0.1) is 26.4 Å². The second kappa shape index (κ2) is 21.0. The molecule has 0 N–H and O–H groups in total. The van der Waals surface area contributed by atoms with E-state index in [0.717, 1.165) is 36.6 Å². The van der Waals surface area contributed by atoms with E-state index >= 15 is 0 Å². The third-order valence-electron chi connectivity index (χ3n) is 6.17. The first-order valence-electron chi connectivity index (χ1n) is 14.2. The van der Waals surface area contributed by atoms with Crippen LogP contribution in [0.25, 0.3) is 0 Å². The van der Waals surface area contributed by atoms with Gasteiger partial charge < -0.3 is 47.3 Å². The third kappa shape index (κ3) is 14.7. The lowest BCUT2D eigenvalue weighted by molar-refractivity contribution is -0.108. The second-order valence-corrected chi connectivity index (χ2v) is 11.3. The van der Waals surface area contributed by atoms with Crippen molar-refractivity contribution in [3.63, 3.8) is 0 Å². The fourth-order valence-corrected chi connectivity index (χ4v) is 5.01. The van der Waals surface area contributed by atoms with E-state index in [1.54, 1.807) is 41.9 Å². The molecule has 2 aliphatic rings. The number of hydrogen-bond donors (Lipinski definition) is 0. The Morgan fingerprint density at radius 1 is 0.864 bits per heavy atom. The highest BCUT2D eigenvalue weighted by molar-refractivity contribution is 7.41. The minimum Gasteiger partial charge on any atom is -0.493 e. The zero-order valence-corrected chi connectivity index (χ0v) is 27.4. The second-order valence-electron chi connectivity index (χ2n) is 10.1. The van der Waals surface area contributed by atoms with Crippen LogP contribution in [0.4, 0.5) is 9.59 Å². The summed E-state index contributed by atoms with van der Waals surface area (Å²) in [6.07, 6.45) is 2.65. The first-order chi connectivity index (χ1) is 21.1. The summed E-state index contributed by atoms with van der Waals surface area (Å²) in [6.45, 7) is 6.69. The van der Waals surface area contributed by atoms with Gasteiger partial charge in [0, 0.05) is 12.5 Å². The van der Waals surface area contributed by atoms with E-state index in [-0.39, 0.29) is 39.4 Å². The maximum absolute atomic E-state index is 11.4. The van der Waals surface area contributed by atoms with Crippen molar-refractivity contribution in [2.75, 3.05) is 55.0 Å². The fourth-order valence-electron chi connectivity index (χ4n) is 4.17. The lowest BCUT2D eigenvalue weighted by atomic mass is 9.89. The van der Waals surface area contributed by atoms with Crippen LogP contribution in [0.3, 0.4) is 0 Å². The molecule has 44 heavy (non-hydrogen) atoms. The topological polar surface area (TPSA) is 139 Å². The molecule has 1 aliphatic heterocycles. The highest BCUT2D eigenvalue weighted by Crippen LogP contribution is 2.45. The van der Waals surface area contributed by atoms with Crippen molar-refractivity contribution in [3.05, 3.63) is 36.1 Å². The molecule has 250 valence electrons. The zero-order chi connectivity index (χ0) is 32.3. The molecular formula is C29H46NO13P. The first kappa shape index (κ1) is 37.3. The standard InChI is InChI=1S/C21H36NO11P.C8H10O2/c1-15(2)31-20(23)27-11-25-13-29-34(30-14-26-12-28-21(24)32-16(3)4)33-18-7-6-17-8-9-22(5)19(17)10-18;1-9-7-5-3-4-6-8(7)10-2/h7,15-17,19H,6,8-14H2,1-5H3;3-6H,1-2H3. The van der Waals surface area contributed by atoms with Crippen molar-refractivity contribution in [1.29, 1.82) is 0 Å². The van der Waals surface area contributed by atoms with Crippen LogP contribution in [0.15, 0.2) is 36.1 Å². The average molecular weight is 648 g/mol. The summed E-state index contributed by atoms with van der Waals surface area (Å²) in [5, 5.41) is 0. The molecule has 0 spiro atoms. The van der Waals surface area contributed by atoms with Crippen molar-refractivity contribution >= 4 is 20.9 Å². The number of likely N-dealkylation sites (tertiary alicyclic amines) is 1. The van der Waals surface area contributed by atoms with E-state index in [1.807, 2.05) is 24.3 Å². The molecule has 1 aliphatic carbocycles. The quantitative estimate of drug-likeness (QED) is 0.0903. The largest absolute Gasteiger partial charge is 0.510 e. The summed E-state index contributed by atoms with van der Waals surface area (Å²) < 4.78 is 56.5. The lowest BCUT2D eigenvalue weighted by Crippen LogP contribution is -2.31. The van der Waals surface area contributed by atoms with Gasteiger partial charge in [-0.1, -0.05) is 12.1 Å². The maximum Gasteiger partial charge on any atom is 0.510 e. The summed E-state index contributed by atoms with van der Waals surface area (Å²) in [6, 6.07) is 7.95. The summed E-state index contributed by atoms with van der Waals surface area (Å²) in [7, 11) is 3.47. The Hall–Kier alpha value is -2.87. The van der Waals surface area contributed by atoms with Gasteiger partial charge in [-0.15, -0.1) is 0 Å². The molecule has 14 nitrogen and oxygen atoms in total. The lowest BCUT2D eigenvalue weighted by Gasteiger charge is -2.30. The van der Waals surface area contributed by atoms with E-state index in [9.17, 15) is 9.59 Å². The van der Waals surface area contributed by atoms with Gasteiger partial charge in [-0.2, -0.15) is 0 Å². The molecule has 2 unspecified atom stereocenters. The molecule has 1 aromatic rings. The highest BCUT2D eigenvalue weighted by atomic mass is 31.2. The monoisotopic (exact) mass is 647 g/mol. The number of carbonyl (C=O) groups excluding carboxylic acids is 2. The number of fused-ring (bicyclic) bond motifs is 1. The van der Waals surface area contributed by atoms with Gasteiger partial charge in [0.1, 0.15) is 5.76 Å². The van der Waals surface area contributed by atoms with Crippen LogP contribution >= 0.6 is 8.60 Å². The maximum atomic E-state index is 11.4. The molecule has 1 heterocycles. The minimum absolute atomic E-state index is 0.253. The number of benzene rings is 1. The third-order valence-corrected chi connectivity index (χ3v) is 7.19. The van der Waals surface area contributed by atoms with E-state index in [0.29, 0.717) is 12.0 Å². The summed E-state index contributed by atoms with van der Waals surface area (Å²) in [4.78, 5) is 25.0. The summed E-state index contributed by atoms with van der Waals surface area (Å²) in [5.41, 5.74) is 0. The molecule has 2 atom stereocenters. The number of nitrogens with zero attached hydrogens (tertiary/aromatic N) is 1. The molecule has 1 aromatic carbocycles. The Balaban J connectivity index is 0.000000569. The molecule has 0 saturated carbocycles. The number of rotatable bonds is 16. The number of carbonyl (C=O) groups is 2. The smallest absolute Gasteiger partial charge is 0.493 e. The number of allylic oxidation sites excluding steroid dienone is 1. The van der Waals surface area contributed by atoms with Gasteiger partial charge in [0.2, 0.25) is 0 Å². The molecule has 0 radical (unpaired) electrons. The van der Waals surface area contributed by atoms with Crippen molar-refractivity contribution < 1.29 is 61.1 Å². The van der Waals surface area contributed by atoms with Crippen molar-refractivity contribution in [2.24, 2.45) is 5.92 Å². The Bertz CT molecular complexity index is 954. The number of methoxy groups -OCH3 is 2. The first-order valence-corrected chi connectivity index (χ1v) is 15.3. The molecule has 15 heteroatoms. The summed E-state index contributed by atoms with van der Waals surface area (Å²) in [5.74, 6) is 2.94. The van der Waals surface area contributed by atoms with Gasteiger partial charge in [-0.05, 0) is 78.3 Å². The average Bonchev–Trinajstić information content (AvgIpc) is 3.35. The Morgan fingerprint density at radius 2 is 1.39 bits per heavy atom. The van der Waals surface area contributed by atoms with Crippen LogP contribution in [-0.4, -0.2) is 90.4 Å². The van der Waals surface area contributed by atoms with Crippen LogP contribution in [-0.2, 0) is 42.0 Å². The SMILES string of the molecule is CC(C)OC(=O)OCOCOP(OCOCOC(=O)OC(C)C)OC1=CCC2CCN(C)C2C1.COc1ccccc1OC. The van der Waals surface area contributed by atoms with Gasteiger partial charge in [-0.3, -0.25) is 9.05 Å². The van der Waals surface area contributed by atoms with Gasteiger partial charge in [0.25, 0.3) is 0 Å². The molecule has 0 aromatic heterocycles. The van der Waals surface area contributed by atoms with Crippen molar-refractivity contribution in [2.45, 2.75) is 65.2 Å². The van der Waals surface area contributed by atoms with Gasteiger partial charge in [-0.25, -0.2) is 9.59 Å². The number of ether oxygens (including phenoxy) is 8. The molecular weight excluding hydrogens is 601 g/mol. The molecule has 3 rings (SSSR count). The Labute approximate surface area is 260 Å². The minimum atomic E-state index is -1.89. The number of para-hydroxylation sites is 2. The van der Waals surface area contributed by atoms with E-state index in [2.05, 4.69) is 18.0 Å².